The number of sulfonamides is 1. The van der Waals surface area contributed by atoms with Gasteiger partial charge in [0.1, 0.15) is 17.9 Å². The van der Waals surface area contributed by atoms with Gasteiger partial charge in [0.2, 0.25) is 10.0 Å². The van der Waals surface area contributed by atoms with Gasteiger partial charge in [0.15, 0.2) is 0 Å². The van der Waals surface area contributed by atoms with Crippen LogP contribution < -0.4 is 10.0 Å². The van der Waals surface area contributed by atoms with Crippen molar-refractivity contribution < 1.29 is 37.0 Å². The van der Waals surface area contributed by atoms with Crippen LogP contribution in [0.1, 0.15) is 39.6 Å². The predicted molar refractivity (Wildman–Crippen MR) is 189 cm³/mol. The van der Waals surface area contributed by atoms with Crippen molar-refractivity contribution in [2.24, 2.45) is 0 Å². The summed E-state index contributed by atoms with van der Waals surface area (Å²) < 4.78 is 55.9. The highest BCUT2D eigenvalue weighted by atomic mass is 32.2. The second-order valence-corrected chi connectivity index (χ2v) is 13.2. The number of amides is 1. The van der Waals surface area contributed by atoms with Crippen molar-refractivity contribution >= 4 is 43.7 Å². The number of aliphatic hydroxyl groups excluding tert-OH is 1. The Hall–Kier alpha value is -6.43. The zero-order valence-electron chi connectivity index (χ0n) is 27.8. The second kappa shape index (κ2) is 15.4. The fourth-order valence-electron chi connectivity index (χ4n) is 5.21. The molecule has 4 heterocycles. The molecule has 0 saturated carbocycles. The lowest BCUT2D eigenvalue weighted by atomic mass is 10.1. The van der Waals surface area contributed by atoms with E-state index in [-0.39, 0.29) is 41.0 Å². The number of nitrogens with one attached hydrogen (secondary N) is 2. The summed E-state index contributed by atoms with van der Waals surface area (Å²) in [5.41, 5.74) is 3.52. The maximum absolute atomic E-state index is 13.2. The number of carboxylic acids is 1. The molecule has 1 atom stereocenters. The molecule has 0 spiro atoms. The van der Waals surface area contributed by atoms with E-state index < -0.39 is 22.2 Å². The van der Waals surface area contributed by atoms with Gasteiger partial charge in [-0.25, -0.2) is 31.4 Å². The van der Waals surface area contributed by atoms with E-state index in [1.807, 2.05) is 0 Å². The monoisotopic (exact) mass is 740 g/mol. The summed E-state index contributed by atoms with van der Waals surface area (Å²) >= 11 is 0. The van der Waals surface area contributed by atoms with Crippen molar-refractivity contribution in [1.29, 1.82) is 0 Å². The van der Waals surface area contributed by atoms with Crippen molar-refractivity contribution in [3.8, 4) is 11.4 Å². The summed E-state index contributed by atoms with van der Waals surface area (Å²) in [6, 6.07) is 17.5. The molecule has 1 amide bonds. The minimum absolute atomic E-state index is 0.0113. The Bertz CT molecular complexity index is 2520. The molecule has 53 heavy (non-hydrogen) atoms. The normalized spacial score (nSPS) is 11.9. The van der Waals surface area contributed by atoms with Gasteiger partial charge in [0, 0.05) is 29.7 Å². The number of halogens is 2. The molecule has 4 N–H and O–H groups in total. The minimum Gasteiger partial charge on any atom is -0.478 e. The molecular weight excluding hydrogens is 711 g/mol. The maximum atomic E-state index is 13.2. The van der Waals surface area contributed by atoms with Gasteiger partial charge < -0.3 is 15.5 Å². The van der Waals surface area contributed by atoms with Crippen LogP contribution in [0.2, 0.25) is 0 Å². The molecule has 7 rings (SSSR count). The summed E-state index contributed by atoms with van der Waals surface area (Å²) in [5, 5.41) is 30.9. The van der Waals surface area contributed by atoms with E-state index in [0.29, 0.717) is 44.3 Å². The molecule has 0 bridgehead atoms. The first-order chi connectivity index (χ1) is 25.4. The van der Waals surface area contributed by atoms with Crippen molar-refractivity contribution in [1.82, 2.24) is 39.6 Å². The van der Waals surface area contributed by atoms with Crippen LogP contribution in [0.25, 0.3) is 33.2 Å². The van der Waals surface area contributed by atoms with Crippen LogP contribution >= 0.6 is 0 Å². The van der Waals surface area contributed by atoms with Gasteiger partial charge >= 0.3 is 5.97 Å². The molecule has 0 radical (unpaired) electrons. The molecule has 0 unspecified atom stereocenters. The maximum Gasteiger partial charge on any atom is 0.338 e. The van der Waals surface area contributed by atoms with Crippen LogP contribution in [0.15, 0.2) is 115 Å². The average Bonchev–Trinajstić information content (AvgIpc) is 3.80. The van der Waals surface area contributed by atoms with Crippen LogP contribution in [-0.2, 0) is 16.6 Å². The third-order valence-corrected chi connectivity index (χ3v) is 9.45. The van der Waals surface area contributed by atoms with Crippen molar-refractivity contribution in [2.75, 3.05) is 0 Å². The van der Waals surface area contributed by atoms with Gasteiger partial charge in [-0.05, 0) is 72.6 Å². The number of rotatable bonds is 10. The predicted octanol–water partition coefficient (Wildman–Crippen LogP) is 4.75. The summed E-state index contributed by atoms with van der Waals surface area (Å²) in [4.78, 5) is 32.0. The Morgan fingerprint density at radius 3 is 1.72 bits per heavy atom. The Balaban J connectivity index is 0.000000213. The van der Waals surface area contributed by atoms with Crippen LogP contribution in [0.5, 0.6) is 0 Å². The lowest BCUT2D eigenvalue weighted by Gasteiger charge is -2.12. The Kier molecular flexibility index (Phi) is 10.6. The van der Waals surface area contributed by atoms with E-state index >= 15 is 0 Å². The molecule has 270 valence electrons. The summed E-state index contributed by atoms with van der Waals surface area (Å²) in [6.07, 6.45) is 7.91. The Morgan fingerprint density at radius 1 is 0.736 bits per heavy atom. The van der Waals surface area contributed by atoms with E-state index in [1.165, 1.54) is 65.9 Å². The molecule has 0 aliphatic heterocycles. The fraction of sp³-hybridized carbons (Fsp3) is 0.111. The van der Waals surface area contributed by atoms with Crippen molar-refractivity contribution in [2.45, 2.75) is 31.0 Å². The molecule has 7 aromatic rings. The molecule has 0 saturated heterocycles. The highest BCUT2D eigenvalue weighted by molar-refractivity contribution is 7.89. The Labute approximate surface area is 300 Å². The lowest BCUT2D eigenvalue weighted by Crippen LogP contribution is -2.34. The molecule has 4 aromatic heterocycles. The van der Waals surface area contributed by atoms with E-state index in [2.05, 4.69) is 30.2 Å². The number of aliphatic hydroxyl groups is 1. The first-order valence-electron chi connectivity index (χ1n) is 15.9. The zero-order chi connectivity index (χ0) is 37.7. The van der Waals surface area contributed by atoms with Crippen LogP contribution in [0, 0.1) is 11.6 Å². The standard InChI is InChI=1S/C23H22FN5O4S.C13H8FN3O2/c1-2-22(30)28-34(32,33)18-9-3-15(4-10-18)11-26-23(31)20-12-25-14-21-19(20)13-27-29(21)17-7-5-16(24)6-8-17;14-8-1-3-9(4-2-8)17-12-7-15-5-11(13(18)19)10(12)6-16-17/h3-10,12-14,22,28,30H,2,11H2,1H3,(H,26,31);1-7H,(H,18,19)/t22-;/m1./s1. The third-order valence-electron chi connectivity index (χ3n) is 7.98. The number of nitrogens with zero attached hydrogens (tertiary/aromatic N) is 6. The first-order valence-corrected chi connectivity index (χ1v) is 17.4. The number of hydrogen-bond donors (Lipinski definition) is 4. The van der Waals surface area contributed by atoms with Gasteiger partial charge in [-0.2, -0.15) is 14.9 Å². The summed E-state index contributed by atoms with van der Waals surface area (Å²) in [5.74, 6) is -2.14. The third kappa shape index (κ3) is 8.06. The number of aromatic nitrogens is 6. The van der Waals surface area contributed by atoms with Gasteiger partial charge in [0.05, 0.1) is 63.2 Å². The molecule has 0 fully saturated rings. The number of benzene rings is 3. The minimum atomic E-state index is -3.84. The van der Waals surface area contributed by atoms with E-state index in [4.69, 9.17) is 5.11 Å². The number of aromatic carboxylic acids is 1. The smallest absolute Gasteiger partial charge is 0.338 e. The van der Waals surface area contributed by atoms with Gasteiger partial charge in [-0.15, -0.1) is 0 Å². The number of pyridine rings is 2. The first kappa shape index (κ1) is 36.4. The van der Waals surface area contributed by atoms with Crippen molar-refractivity contribution in [3.05, 3.63) is 138 Å². The molecule has 14 nitrogen and oxygen atoms in total. The van der Waals surface area contributed by atoms with Crippen LogP contribution in [0.3, 0.4) is 0 Å². The number of carboxylic acid groups (broad SMARTS) is 1. The lowest BCUT2D eigenvalue weighted by molar-refractivity contribution is 0.0698. The quantitative estimate of drug-likeness (QED) is 0.142. The number of hydrogen-bond acceptors (Lipinski definition) is 9. The Morgan fingerprint density at radius 2 is 1.23 bits per heavy atom. The molecule has 0 aliphatic carbocycles. The van der Waals surface area contributed by atoms with E-state index in [9.17, 15) is 31.9 Å². The highest BCUT2D eigenvalue weighted by Gasteiger charge is 2.18. The van der Waals surface area contributed by atoms with Gasteiger partial charge in [-0.1, -0.05) is 19.1 Å². The average molecular weight is 741 g/mol. The fourth-order valence-corrected chi connectivity index (χ4v) is 6.36. The largest absolute Gasteiger partial charge is 0.478 e. The zero-order valence-corrected chi connectivity index (χ0v) is 28.6. The van der Waals surface area contributed by atoms with Crippen molar-refractivity contribution in [3.63, 3.8) is 0 Å². The number of carbonyl (C=O) groups excluding carboxylic acids is 1. The van der Waals surface area contributed by atoms with Crippen LogP contribution in [0.4, 0.5) is 8.78 Å². The summed E-state index contributed by atoms with van der Waals surface area (Å²) in [7, 11) is -3.84. The van der Waals surface area contributed by atoms with Crippen LogP contribution in [-0.4, -0.2) is 66.3 Å². The number of carbonyl (C=O) groups is 2. The topological polar surface area (TPSA) is 194 Å². The SMILES string of the molecule is CC[C@@H](O)NS(=O)(=O)c1ccc(CNC(=O)c2cncc3c2cnn3-c2ccc(F)cc2)cc1.O=C(O)c1cncc2c1cnn2-c1ccc(F)cc1. The van der Waals surface area contributed by atoms with E-state index in [0.717, 1.165) is 0 Å². The van der Waals surface area contributed by atoms with E-state index in [1.54, 1.807) is 60.4 Å². The highest BCUT2D eigenvalue weighted by Crippen LogP contribution is 2.22. The summed E-state index contributed by atoms with van der Waals surface area (Å²) in [6.45, 7) is 1.81. The molecule has 0 aliphatic rings. The number of fused-ring (bicyclic) bond motifs is 2. The second-order valence-electron chi connectivity index (χ2n) is 11.5. The molecule has 17 heteroatoms. The van der Waals surface area contributed by atoms with Gasteiger partial charge in [-0.3, -0.25) is 14.8 Å². The molecule has 3 aromatic carbocycles. The van der Waals surface area contributed by atoms with Gasteiger partial charge in [0.25, 0.3) is 5.91 Å². The molecular formula is C36H30F2N8O6S.